The highest BCUT2D eigenvalue weighted by Crippen LogP contribution is 2.46. The Bertz CT molecular complexity index is 560. The fraction of sp³-hybridized carbons (Fsp3) is 0.143. The molecule has 0 saturated heterocycles. The number of rotatable bonds is 3. The number of nitrogens with zero attached hydrogens (tertiary/aromatic N) is 2. The minimum Gasteiger partial charge on any atom is -0.258 e. The van der Waals surface area contributed by atoms with Crippen LogP contribution in [0.1, 0.15) is 5.56 Å². The Morgan fingerprint density at radius 2 is 1.30 bits per heavy atom. The molecule has 13 heteroatoms. The van der Waals surface area contributed by atoms with Gasteiger partial charge in [-0.2, -0.15) is 22.0 Å². The van der Waals surface area contributed by atoms with Gasteiger partial charge in [-0.25, -0.2) is 5.54 Å². The highest BCUT2D eigenvalue weighted by atomic mass is 19.4. The van der Waals surface area contributed by atoms with Crippen molar-refractivity contribution in [1.82, 2.24) is 0 Å². The zero-order chi connectivity index (χ0) is 15.8. The van der Waals surface area contributed by atoms with Crippen LogP contribution in [0, 0.1) is 31.9 Å². The number of benzene rings is 1. The van der Waals surface area contributed by atoms with Crippen molar-refractivity contribution in [3.05, 3.63) is 37.4 Å². The zero-order valence-electron chi connectivity index (χ0n) is 8.80. The molecular weight excluding hydrogens is 304 g/mol. The summed E-state index contributed by atoms with van der Waals surface area (Å²) in [6.45, 7) is 0. The first-order valence-electron chi connectivity index (χ1n) is 4.31. The average Bonchev–Trinajstić information content (AvgIpc) is 2.24. The molecule has 0 spiro atoms. The van der Waals surface area contributed by atoms with Gasteiger partial charge in [0.25, 0.3) is 0 Å². The number of anilines is 1. The third-order valence-electron chi connectivity index (χ3n) is 2.07. The lowest BCUT2D eigenvalue weighted by molar-refractivity contribution is -0.396. The van der Waals surface area contributed by atoms with Gasteiger partial charge in [0.1, 0.15) is 5.56 Å². The first kappa shape index (κ1) is 15.5. The molecule has 0 unspecified atom stereocenters. The maximum absolute atomic E-state index is 13.3. The molecule has 0 aliphatic carbocycles. The van der Waals surface area contributed by atoms with E-state index < -0.39 is 50.3 Å². The number of nitrogens with one attached hydrogen (secondary N) is 1. The van der Waals surface area contributed by atoms with Gasteiger partial charge in [0, 0.05) is 0 Å². The van der Waals surface area contributed by atoms with Gasteiger partial charge < -0.3 is 0 Å². The van der Waals surface area contributed by atoms with Gasteiger partial charge in [-0.05, 0) is 0 Å². The second kappa shape index (κ2) is 4.82. The van der Waals surface area contributed by atoms with Crippen molar-refractivity contribution in [3.63, 3.8) is 0 Å². The molecule has 7 nitrogen and oxygen atoms in total. The number of hydrogen-bond acceptors (Lipinski definition) is 5. The van der Waals surface area contributed by atoms with Crippen LogP contribution in [-0.2, 0) is 6.18 Å². The monoisotopic (exact) mass is 305 g/mol. The van der Waals surface area contributed by atoms with E-state index in [1.54, 1.807) is 0 Å². The van der Waals surface area contributed by atoms with E-state index in [2.05, 4.69) is 0 Å². The highest BCUT2D eigenvalue weighted by Gasteiger charge is 2.48. The van der Waals surface area contributed by atoms with E-state index in [0.717, 1.165) is 0 Å². The van der Waals surface area contributed by atoms with Crippen molar-refractivity contribution >= 4 is 17.1 Å². The summed E-state index contributed by atoms with van der Waals surface area (Å²) in [7, 11) is 0. The van der Waals surface area contributed by atoms with E-state index in [9.17, 15) is 46.7 Å². The van der Waals surface area contributed by atoms with Crippen molar-refractivity contribution in [3.8, 4) is 0 Å². The van der Waals surface area contributed by atoms with E-state index in [0.29, 0.717) is 0 Å². The molecule has 0 fully saturated rings. The Kier molecular flexibility index (Phi) is 3.73. The zero-order valence-corrected chi connectivity index (χ0v) is 8.80. The minimum absolute atomic E-state index is 0.257. The maximum Gasteiger partial charge on any atom is 0.422 e. The lowest BCUT2D eigenvalue weighted by Gasteiger charge is -2.11. The van der Waals surface area contributed by atoms with E-state index in [1.165, 1.54) is 0 Å². The third-order valence-corrected chi connectivity index (χ3v) is 2.07. The molecule has 0 radical (unpaired) electrons. The summed E-state index contributed by atoms with van der Waals surface area (Å²) in [6, 6.07) is 0. The van der Waals surface area contributed by atoms with Crippen LogP contribution < -0.4 is 5.54 Å². The Morgan fingerprint density at radius 3 is 1.50 bits per heavy atom. The van der Waals surface area contributed by atoms with Crippen LogP contribution in [0.15, 0.2) is 0 Å². The summed E-state index contributed by atoms with van der Waals surface area (Å²) < 4.78 is 76.1. The van der Waals surface area contributed by atoms with Crippen LogP contribution in [0.2, 0.25) is 0 Å². The summed E-state index contributed by atoms with van der Waals surface area (Å²) in [5.41, 5.74) is -9.01. The predicted molar refractivity (Wildman–Crippen MR) is 49.4 cm³/mol. The Labute approximate surface area is 104 Å². The number of alkyl halides is 3. The van der Waals surface area contributed by atoms with Crippen molar-refractivity contribution in [2.75, 3.05) is 5.54 Å². The molecule has 0 aliphatic rings. The average molecular weight is 305 g/mol. The van der Waals surface area contributed by atoms with Crippen molar-refractivity contribution in [1.29, 1.82) is 0 Å². The quantitative estimate of drug-likeness (QED) is 0.400. The van der Waals surface area contributed by atoms with Crippen LogP contribution in [0.25, 0.3) is 0 Å². The standard InChI is InChI=1S/C7HF6N3O4/c8-2-1(7(10,11)12)3(9)6(16(19)20)4(14-13)5(2)15(17)18/h14H. The molecule has 110 valence electrons. The molecule has 0 aliphatic heterocycles. The molecule has 0 aromatic heterocycles. The maximum atomic E-state index is 13.3. The molecule has 0 heterocycles. The van der Waals surface area contributed by atoms with Crippen LogP contribution in [0.4, 0.5) is 43.5 Å². The van der Waals surface area contributed by atoms with Crippen molar-refractivity contribution < 1.29 is 36.3 Å². The molecule has 1 aromatic rings. The van der Waals surface area contributed by atoms with Crippen LogP contribution in [0.3, 0.4) is 0 Å². The second-order valence-corrected chi connectivity index (χ2v) is 3.18. The smallest absolute Gasteiger partial charge is 0.258 e. The lowest BCUT2D eigenvalue weighted by atomic mass is 10.1. The molecule has 1 rings (SSSR count). The van der Waals surface area contributed by atoms with Gasteiger partial charge in [0.05, 0.1) is 9.85 Å². The summed E-state index contributed by atoms with van der Waals surface area (Å²) in [5, 5.41) is 20.8. The third kappa shape index (κ3) is 2.28. The van der Waals surface area contributed by atoms with Crippen molar-refractivity contribution in [2.24, 2.45) is 0 Å². The minimum atomic E-state index is -5.79. The number of halogens is 6. The van der Waals surface area contributed by atoms with Gasteiger partial charge >= 0.3 is 17.6 Å². The normalized spacial score (nSPS) is 11.3. The first-order chi connectivity index (χ1) is 9.03. The number of nitro groups is 2. The molecule has 0 bridgehead atoms. The highest BCUT2D eigenvalue weighted by molar-refractivity contribution is 5.75. The molecular formula is C7HF6N3O4. The summed E-state index contributed by atoms with van der Waals surface area (Å²) in [5.74, 6) is -5.54. The molecule has 1 aromatic carbocycles. The first-order valence-corrected chi connectivity index (χ1v) is 4.31. The molecule has 1 N–H and O–H groups in total. The topological polar surface area (TPSA) is 98.3 Å². The molecule has 0 saturated carbocycles. The number of hydrogen-bond donors (Lipinski definition) is 1. The summed E-state index contributed by atoms with van der Waals surface area (Å²) >= 11 is 0. The molecule has 20 heavy (non-hydrogen) atoms. The van der Waals surface area contributed by atoms with Gasteiger partial charge in [-0.1, -0.05) is 0 Å². The van der Waals surface area contributed by atoms with Crippen LogP contribution >= 0.6 is 0 Å². The van der Waals surface area contributed by atoms with Crippen LogP contribution in [-0.4, -0.2) is 9.85 Å². The van der Waals surface area contributed by atoms with Gasteiger partial charge in [-0.3, -0.25) is 20.2 Å². The second-order valence-electron chi connectivity index (χ2n) is 3.18. The van der Waals surface area contributed by atoms with Gasteiger partial charge in [0.15, 0.2) is 0 Å². The molecule has 0 atom stereocenters. The fourth-order valence-electron chi connectivity index (χ4n) is 1.35. The lowest BCUT2D eigenvalue weighted by Crippen LogP contribution is -2.16. The number of nitro benzene ring substituents is 2. The Hall–Kier alpha value is -2.60. The van der Waals surface area contributed by atoms with E-state index in [1.807, 2.05) is 0 Å². The van der Waals surface area contributed by atoms with Gasteiger partial charge in [0.2, 0.25) is 17.3 Å². The fourth-order valence-corrected chi connectivity index (χ4v) is 1.35. The summed E-state index contributed by atoms with van der Waals surface area (Å²) in [6.07, 6.45) is -5.79. The van der Waals surface area contributed by atoms with E-state index >= 15 is 0 Å². The van der Waals surface area contributed by atoms with Crippen molar-refractivity contribution in [2.45, 2.75) is 6.18 Å². The Morgan fingerprint density at radius 1 is 0.950 bits per heavy atom. The summed E-state index contributed by atoms with van der Waals surface area (Å²) in [4.78, 5) is 17.1. The Balaban J connectivity index is 4.02. The molecule has 0 amide bonds. The van der Waals surface area contributed by atoms with Gasteiger partial charge in [-0.15, -0.1) is 4.48 Å². The predicted octanol–water partition coefficient (Wildman–Crippen LogP) is 3.10. The largest absolute Gasteiger partial charge is 0.422 e. The van der Waals surface area contributed by atoms with E-state index in [-0.39, 0.29) is 5.54 Å². The van der Waals surface area contributed by atoms with Crippen LogP contribution in [0.5, 0.6) is 0 Å². The van der Waals surface area contributed by atoms with E-state index in [4.69, 9.17) is 0 Å². The SMILES string of the molecule is O=[N+]([O-])c1c(F)c(C(F)(F)F)c(F)c([N+](=O)[O-])c1NF.